The summed E-state index contributed by atoms with van der Waals surface area (Å²) in [6.07, 6.45) is 4.07. The van der Waals surface area contributed by atoms with Crippen molar-refractivity contribution >= 4 is 34.4 Å². The van der Waals surface area contributed by atoms with Gasteiger partial charge in [-0.05, 0) is 25.0 Å². The van der Waals surface area contributed by atoms with Crippen molar-refractivity contribution in [3.8, 4) is 0 Å². The number of carbonyl (C=O) groups excluding carboxylic acids is 2. The average molecular weight is 288 g/mol. The van der Waals surface area contributed by atoms with E-state index in [1.54, 1.807) is 4.90 Å². The molecule has 0 bridgehead atoms. The first kappa shape index (κ1) is 13.4. The van der Waals surface area contributed by atoms with Gasteiger partial charge in [-0.1, -0.05) is 42.8 Å². The Morgan fingerprint density at radius 3 is 2.60 bits per heavy atom. The van der Waals surface area contributed by atoms with Gasteiger partial charge < -0.3 is 0 Å². The quantitative estimate of drug-likeness (QED) is 0.841. The summed E-state index contributed by atoms with van der Waals surface area (Å²) in [5.74, 6) is 0.322. The third-order valence-corrected chi connectivity index (χ3v) is 4.61. The fourth-order valence-corrected chi connectivity index (χ4v) is 3.51. The van der Waals surface area contributed by atoms with Gasteiger partial charge in [0.2, 0.25) is 5.91 Å². The zero-order chi connectivity index (χ0) is 13.9. The number of aliphatic imine (C=N–C) groups is 1. The van der Waals surface area contributed by atoms with Crippen LogP contribution in [0.25, 0.3) is 0 Å². The summed E-state index contributed by atoms with van der Waals surface area (Å²) >= 11 is 1.35. The minimum Gasteiger partial charge on any atom is -0.273 e. The number of rotatable bonds is 2. The lowest BCUT2D eigenvalue weighted by Crippen LogP contribution is -2.30. The monoisotopic (exact) mass is 288 g/mol. The molecule has 0 spiro atoms. The molecule has 2 aliphatic rings. The van der Waals surface area contributed by atoms with Gasteiger partial charge in [0, 0.05) is 5.92 Å². The highest BCUT2D eigenvalue weighted by molar-refractivity contribution is 8.15. The molecule has 2 fully saturated rings. The largest absolute Gasteiger partial charge is 0.273 e. The molecule has 1 saturated heterocycles. The summed E-state index contributed by atoms with van der Waals surface area (Å²) < 4.78 is 0. The van der Waals surface area contributed by atoms with E-state index >= 15 is 0 Å². The standard InChI is InChI=1S/C15H16N2O2S/c18-13-10-20-15(16-14(19)11-6-4-5-7-11)17(13)12-8-2-1-3-9-12/h1-3,8-9,11H,4-7,10H2. The number of hydrogen-bond acceptors (Lipinski definition) is 3. The minimum atomic E-state index is -0.0689. The molecule has 1 saturated carbocycles. The van der Waals surface area contributed by atoms with Crippen LogP contribution in [-0.4, -0.2) is 22.7 Å². The van der Waals surface area contributed by atoms with E-state index in [0.29, 0.717) is 10.9 Å². The number of amides is 2. The van der Waals surface area contributed by atoms with Crippen LogP contribution >= 0.6 is 11.8 Å². The van der Waals surface area contributed by atoms with Gasteiger partial charge >= 0.3 is 0 Å². The number of amidine groups is 1. The Morgan fingerprint density at radius 1 is 1.20 bits per heavy atom. The van der Waals surface area contributed by atoms with Crippen molar-refractivity contribution in [1.82, 2.24) is 0 Å². The Bertz CT molecular complexity index is 550. The second-order valence-corrected chi connectivity index (χ2v) is 6.01. The predicted molar refractivity (Wildman–Crippen MR) is 80.8 cm³/mol. The lowest BCUT2D eigenvalue weighted by molar-refractivity contribution is -0.121. The summed E-state index contributed by atoms with van der Waals surface area (Å²) in [4.78, 5) is 29.9. The van der Waals surface area contributed by atoms with Gasteiger partial charge in [0.05, 0.1) is 11.4 Å². The van der Waals surface area contributed by atoms with E-state index in [2.05, 4.69) is 4.99 Å². The van der Waals surface area contributed by atoms with Crippen LogP contribution < -0.4 is 4.90 Å². The van der Waals surface area contributed by atoms with Crippen molar-refractivity contribution in [1.29, 1.82) is 0 Å². The molecule has 20 heavy (non-hydrogen) atoms. The summed E-state index contributed by atoms with van der Waals surface area (Å²) in [7, 11) is 0. The SMILES string of the molecule is O=C(N=C1SCC(=O)N1c1ccccc1)C1CCCC1. The summed E-state index contributed by atoms with van der Waals surface area (Å²) in [5.41, 5.74) is 0.778. The van der Waals surface area contributed by atoms with Crippen LogP contribution in [0.2, 0.25) is 0 Å². The number of thioether (sulfide) groups is 1. The Labute approximate surface area is 122 Å². The Hall–Kier alpha value is -1.62. The minimum absolute atomic E-state index is 0.0147. The Kier molecular flexibility index (Phi) is 3.87. The lowest BCUT2D eigenvalue weighted by Gasteiger charge is -2.16. The first-order chi connectivity index (χ1) is 9.75. The van der Waals surface area contributed by atoms with Crippen molar-refractivity contribution in [2.75, 3.05) is 10.7 Å². The maximum Gasteiger partial charge on any atom is 0.251 e. The molecule has 2 amide bonds. The maximum atomic E-state index is 12.1. The first-order valence-corrected chi connectivity index (χ1v) is 7.87. The van der Waals surface area contributed by atoms with Gasteiger partial charge in [0.1, 0.15) is 0 Å². The number of benzene rings is 1. The lowest BCUT2D eigenvalue weighted by atomic mass is 10.1. The average Bonchev–Trinajstić information content (AvgIpc) is 3.10. The molecule has 0 aromatic heterocycles. The van der Waals surface area contributed by atoms with Crippen LogP contribution in [0.5, 0.6) is 0 Å². The summed E-state index contributed by atoms with van der Waals surface area (Å²) in [6.45, 7) is 0. The van der Waals surface area contributed by atoms with Crippen molar-refractivity contribution in [3.05, 3.63) is 30.3 Å². The molecule has 5 heteroatoms. The Balaban J connectivity index is 1.84. The van der Waals surface area contributed by atoms with Gasteiger partial charge in [-0.2, -0.15) is 4.99 Å². The third kappa shape index (κ3) is 2.63. The normalized spacial score (nSPS) is 21.9. The first-order valence-electron chi connectivity index (χ1n) is 6.89. The fraction of sp³-hybridized carbons (Fsp3) is 0.400. The number of para-hydroxylation sites is 1. The van der Waals surface area contributed by atoms with E-state index in [-0.39, 0.29) is 17.7 Å². The van der Waals surface area contributed by atoms with E-state index in [1.807, 2.05) is 30.3 Å². The topological polar surface area (TPSA) is 49.7 Å². The number of anilines is 1. The van der Waals surface area contributed by atoms with Crippen LogP contribution in [0, 0.1) is 5.92 Å². The van der Waals surface area contributed by atoms with E-state index in [0.717, 1.165) is 31.4 Å². The number of carbonyl (C=O) groups is 2. The second-order valence-electron chi connectivity index (χ2n) is 5.07. The molecule has 1 aliphatic carbocycles. The van der Waals surface area contributed by atoms with Crippen LogP contribution in [0.4, 0.5) is 5.69 Å². The Morgan fingerprint density at radius 2 is 1.90 bits per heavy atom. The van der Waals surface area contributed by atoms with E-state index < -0.39 is 0 Å². The van der Waals surface area contributed by atoms with Gasteiger partial charge in [0.15, 0.2) is 5.17 Å². The fourth-order valence-electron chi connectivity index (χ4n) is 2.63. The highest BCUT2D eigenvalue weighted by atomic mass is 32.2. The van der Waals surface area contributed by atoms with Crippen LogP contribution in [0.15, 0.2) is 35.3 Å². The molecular weight excluding hydrogens is 272 g/mol. The van der Waals surface area contributed by atoms with E-state index in [1.165, 1.54) is 11.8 Å². The van der Waals surface area contributed by atoms with Crippen molar-refractivity contribution in [2.45, 2.75) is 25.7 Å². The molecule has 0 radical (unpaired) electrons. The number of hydrogen-bond donors (Lipinski definition) is 0. The highest BCUT2D eigenvalue weighted by Crippen LogP contribution is 2.29. The van der Waals surface area contributed by atoms with Crippen LogP contribution in [0.1, 0.15) is 25.7 Å². The van der Waals surface area contributed by atoms with Gasteiger partial charge in [-0.25, -0.2) is 0 Å². The second kappa shape index (κ2) is 5.79. The van der Waals surface area contributed by atoms with Gasteiger partial charge in [-0.3, -0.25) is 14.5 Å². The molecule has 104 valence electrons. The highest BCUT2D eigenvalue weighted by Gasteiger charge is 2.31. The molecule has 0 N–H and O–H groups in total. The van der Waals surface area contributed by atoms with E-state index in [9.17, 15) is 9.59 Å². The van der Waals surface area contributed by atoms with Crippen LogP contribution in [0.3, 0.4) is 0 Å². The van der Waals surface area contributed by atoms with Gasteiger partial charge in [-0.15, -0.1) is 0 Å². The molecule has 0 atom stereocenters. The molecule has 1 heterocycles. The van der Waals surface area contributed by atoms with Crippen molar-refractivity contribution < 1.29 is 9.59 Å². The molecule has 1 aliphatic heterocycles. The molecule has 4 nitrogen and oxygen atoms in total. The predicted octanol–water partition coefficient (Wildman–Crippen LogP) is 2.84. The van der Waals surface area contributed by atoms with E-state index in [4.69, 9.17) is 0 Å². The third-order valence-electron chi connectivity index (χ3n) is 3.69. The molecule has 0 unspecified atom stereocenters. The summed E-state index contributed by atoms with van der Waals surface area (Å²) in [6, 6.07) is 9.38. The molecular formula is C15H16N2O2S. The molecule has 1 aromatic carbocycles. The van der Waals surface area contributed by atoms with Crippen molar-refractivity contribution in [3.63, 3.8) is 0 Å². The van der Waals surface area contributed by atoms with Crippen LogP contribution in [-0.2, 0) is 9.59 Å². The van der Waals surface area contributed by atoms with Crippen molar-refractivity contribution in [2.24, 2.45) is 10.9 Å². The zero-order valence-corrected chi connectivity index (χ0v) is 11.9. The smallest absolute Gasteiger partial charge is 0.251 e. The zero-order valence-electron chi connectivity index (χ0n) is 11.1. The summed E-state index contributed by atoms with van der Waals surface area (Å²) in [5, 5.41) is 0.526. The maximum absolute atomic E-state index is 12.1. The number of nitrogens with zero attached hydrogens (tertiary/aromatic N) is 2. The molecule has 1 aromatic rings. The molecule has 3 rings (SSSR count). The van der Waals surface area contributed by atoms with Gasteiger partial charge in [0.25, 0.3) is 5.91 Å².